The Kier molecular flexibility index (Phi) is 5.83. The third-order valence-electron chi connectivity index (χ3n) is 7.60. The standard InChI is InChI=1S/C28H29N7O3/c1-16(36)24-25(29)35-26(22(13-31-35)19-8-11-23(30-12-19)18-6-4-3-5-7-18)32-27(24)33-14-21-10-9-20(33)15-34(21)28(38)17(2)37/h3-8,11-13,17,20-21,37H,9-10,14-15,29H2,1-2H3/t17-,20?,21?/m1/s1. The van der Waals surface area contributed by atoms with Crippen molar-refractivity contribution in [3.05, 3.63) is 60.4 Å². The number of nitrogens with two attached hydrogens (primary N) is 1. The number of aliphatic hydroxyl groups excluding tert-OH is 1. The number of Topliss-reactive ketones (excluding diaryl/α,β-unsaturated/α-hetero) is 1. The molecule has 3 aromatic heterocycles. The van der Waals surface area contributed by atoms with Gasteiger partial charge in [-0.15, -0.1) is 0 Å². The Labute approximate surface area is 219 Å². The van der Waals surface area contributed by atoms with Gasteiger partial charge >= 0.3 is 0 Å². The van der Waals surface area contributed by atoms with Crippen molar-refractivity contribution in [1.82, 2.24) is 24.5 Å². The van der Waals surface area contributed by atoms with Gasteiger partial charge in [0.15, 0.2) is 11.4 Å². The summed E-state index contributed by atoms with van der Waals surface area (Å²) in [6, 6.07) is 13.8. The van der Waals surface area contributed by atoms with Gasteiger partial charge < -0.3 is 20.6 Å². The van der Waals surface area contributed by atoms with Gasteiger partial charge in [0.1, 0.15) is 23.3 Å². The van der Waals surface area contributed by atoms with Crippen LogP contribution in [0, 0.1) is 0 Å². The molecule has 1 aromatic carbocycles. The zero-order chi connectivity index (χ0) is 26.6. The van der Waals surface area contributed by atoms with Crippen molar-refractivity contribution in [2.75, 3.05) is 23.7 Å². The molecule has 10 nitrogen and oxygen atoms in total. The number of piperidine rings is 2. The molecule has 3 aliphatic rings. The van der Waals surface area contributed by atoms with E-state index in [0.717, 1.165) is 35.2 Å². The molecule has 38 heavy (non-hydrogen) atoms. The highest BCUT2D eigenvalue weighted by Gasteiger charge is 2.43. The van der Waals surface area contributed by atoms with Gasteiger partial charge in [0, 0.05) is 48.1 Å². The Bertz CT molecular complexity index is 1530. The predicted octanol–water partition coefficient (Wildman–Crippen LogP) is 2.80. The number of carbonyl (C=O) groups excluding carboxylic acids is 2. The second-order valence-corrected chi connectivity index (χ2v) is 10.0. The van der Waals surface area contributed by atoms with E-state index in [2.05, 4.69) is 15.0 Å². The fourth-order valence-corrected chi connectivity index (χ4v) is 5.68. The molecule has 6 heterocycles. The highest BCUT2D eigenvalue weighted by atomic mass is 16.3. The van der Waals surface area contributed by atoms with Gasteiger partial charge in [-0.25, -0.2) is 4.98 Å². The third kappa shape index (κ3) is 3.88. The second-order valence-electron chi connectivity index (χ2n) is 10.0. The number of nitrogens with zero attached hydrogens (tertiary/aromatic N) is 6. The van der Waals surface area contributed by atoms with E-state index in [1.54, 1.807) is 17.3 Å². The minimum atomic E-state index is -1.04. The van der Waals surface area contributed by atoms with E-state index in [1.165, 1.54) is 18.4 Å². The number of fused-ring (bicyclic) bond motifs is 4. The molecule has 10 heteroatoms. The second kappa shape index (κ2) is 9.21. The van der Waals surface area contributed by atoms with Gasteiger partial charge in [0.05, 0.1) is 11.9 Å². The SMILES string of the molecule is CC(=O)c1c(N2CC3CCC2CN3C(=O)[C@@H](C)O)nc2c(-c3ccc(-c4ccccc4)nc3)cnn2c1N. The van der Waals surface area contributed by atoms with Crippen molar-refractivity contribution in [2.24, 2.45) is 0 Å². The summed E-state index contributed by atoms with van der Waals surface area (Å²) >= 11 is 0. The summed E-state index contributed by atoms with van der Waals surface area (Å²) in [5.41, 5.74) is 10.9. The van der Waals surface area contributed by atoms with E-state index in [-0.39, 0.29) is 29.6 Å². The number of hydrogen-bond donors (Lipinski definition) is 2. The number of amides is 1. The van der Waals surface area contributed by atoms with E-state index in [1.807, 2.05) is 42.5 Å². The molecule has 3 fully saturated rings. The van der Waals surface area contributed by atoms with Crippen LogP contribution in [0.1, 0.15) is 37.0 Å². The lowest BCUT2D eigenvalue weighted by atomic mass is 9.89. The predicted molar refractivity (Wildman–Crippen MR) is 144 cm³/mol. The fraction of sp³-hybridized carbons (Fsp3) is 0.321. The Hall–Kier alpha value is -4.31. The summed E-state index contributed by atoms with van der Waals surface area (Å²) in [7, 11) is 0. The van der Waals surface area contributed by atoms with Crippen LogP contribution in [0.15, 0.2) is 54.9 Å². The Morgan fingerprint density at radius 1 is 1.03 bits per heavy atom. The molecule has 4 aromatic rings. The number of rotatable bonds is 5. The summed E-state index contributed by atoms with van der Waals surface area (Å²) in [6.45, 7) is 3.96. The molecule has 3 aliphatic heterocycles. The maximum atomic E-state index is 12.8. The Balaban J connectivity index is 1.41. The first-order chi connectivity index (χ1) is 18.3. The van der Waals surface area contributed by atoms with Crippen molar-refractivity contribution < 1.29 is 14.7 Å². The molecule has 3 atom stereocenters. The average molecular weight is 512 g/mol. The minimum Gasteiger partial charge on any atom is -0.384 e. The first-order valence-corrected chi connectivity index (χ1v) is 12.8. The summed E-state index contributed by atoms with van der Waals surface area (Å²) in [6.07, 6.45) is 4.13. The molecule has 0 radical (unpaired) electrons. The van der Waals surface area contributed by atoms with Gasteiger partial charge in [-0.05, 0) is 32.8 Å². The lowest BCUT2D eigenvalue weighted by molar-refractivity contribution is -0.144. The molecule has 3 N–H and O–H groups in total. The van der Waals surface area contributed by atoms with E-state index < -0.39 is 6.10 Å². The number of ketones is 1. The summed E-state index contributed by atoms with van der Waals surface area (Å²) in [4.78, 5) is 38.8. The van der Waals surface area contributed by atoms with Gasteiger partial charge in [0.25, 0.3) is 5.91 Å². The van der Waals surface area contributed by atoms with Crippen LogP contribution in [0.5, 0.6) is 0 Å². The molecule has 0 spiro atoms. The van der Waals surface area contributed by atoms with Crippen molar-refractivity contribution in [3.8, 4) is 22.4 Å². The molecule has 3 saturated heterocycles. The lowest BCUT2D eigenvalue weighted by Crippen LogP contribution is -2.65. The molecular weight excluding hydrogens is 482 g/mol. The number of anilines is 2. The Morgan fingerprint density at radius 3 is 2.42 bits per heavy atom. The van der Waals surface area contributed by atoms with Crippen molar-refractivity contribution >= 4 is 29.0 Å². The number of piperazine rings is 1. The highest BCUT2D eigenvalue weighted by molar-refractivity contribution is 6.04. The van der Waals surface area contributed by atoms with E-state index >= 15 is 0 Å². The van der Waals surface area contributed by atoms with Gasteiger partial charge in [-0.3, -0.25) is 14.6 Å². The summed E-state index contributed by atoms with van der Waals surface area (Å²) < 4.78 is 1.51. The maximum Gasteiger partial charge on any atom is 0.251 e. The van der Waals surface area contributed by atoms with E-state index in [0.29, 0.717) is 30.1 Å². The maximum absolute atomic E-state index is 12.8. The normalized spacial score (nSPS) is 19.7. The van der Waals surface area contributed by atoms with Crippen LogP contribution >= 0.6 is 0 Å². The van der Waals surface area contributed by atoms with Crippen molar-refractivity contribution in [2.45, 2.75) is 44.9 Å². The summed E-state index contributed by atoms with van der Waals surface area (Å²) in [5.74, 6) is 0.280. The third-order valence-corrected chi connectivity index (χ3v) is 7.60. The molecule has 7 rings (SSSR count). The molecular formula is C28H29N7O3. The molecule has 194 valence electrons. The van der Waals surface area contributed by atoms with Crippen LogP contribution in [-0.2, 0) is 4.79 Å². The number of nitrogen functional groups attached to an aromatic ring is 1. The van der Waals surface area contributed by atoms with Crippen LogP contribution in [0.4, 0.5) is 11.6 Å². The molecule has 2 bridgehead atoms. The van der Waals surface area contributed by atoms with Gasteiger partial charge in [-0.2, -0.15) is 9.61 Å². The minimum absolute atomic E-state index is 0.0339. The lowest BCUT2D eigenvalue weighted by Gasteiger charge is -2.52. The van der Waals surface area contributed by atoms with Crippen LogP contribution < -0.4 is 10.6 Å². The zero-order valence-electron chi connectivity index (χ0n) is 21.3. The van der Waals surface area contributed by atoms with Crippen LogP contribution in [0.3, 0.4) is 0 Å². The number of hydrogen-bond acceptors (Lipinski definition) is 8. The fourth-order valence-electron chi connectivity index (χ4n) is 5.68. The van der Waals surface area contributed by atoms with Crippen LogP contribution in [-0.4, -0.2) is 72.6 Å². The smallest absolute Gasteiger partial charge is 0.251 e. The van der Waals surface area contributed by atoms with Gasteiger partial charge in [0.2, 0.25) is 0 Å². The average Bonchev–Trinajstić information content (AvgIpc) is 3.37. The zero-order valence-corrected chi connectivity index (χ0v) is 21.3. The van der Waals surface area contributed by atoms with Crippen LogP contribution in [0.2, 0.25) is 0 Å². The highest BCUT2D eigenvalue weighted by Crippen LogP contribution is 2.37. The first-order valence-electron chi connectivity index (χ1n) is 12.8. The number of aliphatic hydroxyl groups is 1. The quantitative estimate of drug-likeness (QED) is 0.391. The number of aromatic nitrogens is 4. The Morgan fingerprint density at radius 2 is 1.79 bits per heavy atom. The molecule has 2 unspecified atom stereocenters. The van der Waals surface area contributed by atoms with E-state index in [4.69, 9.17) is 10.7 Å². The van der Waals surface area contributed by atoms with Crippen molar-refractivity contribution in [3.63, 3.8) is 0 Å². The van der Waals surface area contributed by atoms with E-state index in [9.17, 15) is 14.7 Å². The number of pyridine rings is 1. The van der Waals surface area contributed by atoms with Crippen LogP contribution in [0.25, 0.3) is 28.0 Å². The molecule has 0 aliphatic carbocycles. The number of benzene rings is 1. The molecule has 1 amide bonds. The monoisotopic (exact) mass is 511 g/mol. The largest absolute Gasteiger partial charge is 0.384 e. The van der Waals surface area contributed by atoms with Crippen molar-refractivity contribution in [1.29, 1.82) is 0 Å². The summed E-state index contributed by atoms with van der Waals surface area (Å²) in [5, 5.41) is 14.3. The number of carbonyl (C=O) groups is 2. The van der Waals surface area contributed by atoms with Gasteiger partial charge in [-0.1, -0.05) is 36.4 Å². The molecule has 0 saturated carbocycles. The first kappa shape index (κ1) is 24.1. The topological polar surface area (TPSA) is 130 Å².